The van der Waals surface area contributed by atoms with E-state index < -0.39 is 0 Å². The lowest BCUT2D eigenvalue weighted by atomic mass is 9.45. The summed E-state index contributed by atoms with van der Waals surface area (Å²) < 4.78 is 12.0. The predicted octanol–water partition coefficient (Wildman–Crippen LogP) is 3.95. The molecule has 1 saturated heterocycles. The van der Waals surface area contributed by atoms with Gasteiger partial charge in [-0.1, -0.05) is 27.2 Å². The van der Waals surface area contributed by atoms with E-state index in [1.807, 2.05) is 0 Å². The Bertz CT molecular complexity index is 444. The second-order valence-electron chi connectivity index (χ2n) is 8.68. The lowest BCUT2D eigenvalue weighted by Gasteiger charge is -2.62. The SMILES string of the molecule is CC(=O)O[C@H]1C[C@@]2(C)OCC[C@@H]2[C@@]2(C)CCCC(C)(C)[C@H]12. The highest BCUT2D eigenvalue weighted by Gasteiger charge is 2.64. The van der Waals surface area contributed by atoms with Crippen molar-refractivity contribution in [1.82, 2.24) is 0 Å². The molecule has 3 fully saturated rings. The topological polar surface area (TPSA) is 35.5 Å². The molecule has 0 aromatic rings. The molecule has 1 heterocycles. The van der Waals surface area contributed by atoms with Gasteiger partial charge >= 0.3 is 5.97 Å². The maximum absolute atomic E-state index is 11.6. The normalized spacial score (nSPS) is 48.3. The Balaban J connectivity index is 2.03. The van der Waals surface area contributed by atoms with Crippen molar-refractivity contribution in [1.29, 1.82) is 0 Å². The van der Waals surface area contributed by atoms with Crippen LogP contribution in [0.5, 0.6) is 0 Å². The highest BCUT2D eigenvalue weighted by Crippen LogP contribution is 2.65. The molecule has 3 rings (SSSR count). The van der Waals surface area contributed by atoms with Crippen molar-refractivity contribution in [2.24, 2.45) is 22.7 Å². The van der Waals surface area contributed by atoms with Gasteiger partial charge in [0.15, 0.2) is 0 Å². The van der Waals surface area contributed by atoms with Gasteiger partial charge in [0.05, 0.1) is 5.60 Å². The fraction of sp³-hybridized carbons (Fsp3) is 0.944. The minimum Gasteiger partial charge on any atom is -0.462 e. The van der Waals surface area contributed by atoms with E-state index >= 15 is 0 Å². The summed E-state index contributed by atoms with van der Waals surface area (Å²) >= 11 is 0. The monoisotopic (exact) mass is 294 g/mol. The molecule has 120 valence electrons. The van der Waals surface area contributed by atoms with Gasteiger partial charge in [-0.25, -0.2) is 0 Å². The number of ether oxygens (including phenoxy) is 2. The molecule has 0 N–H and O–H groups in total. The molecule has 21 heavy (non-hydrogen) atoms. The first-order valence-corrected chi connectivity index (χ1v) is 8.50. The largest absolute Gasteiger partial charge is 0.462 e. The first-order chi connectivity index (χ1) is 9.69. The van der Waals surface area contributed by atoms with E-state index in [-0.39, 0.29) is 28.5 Å². The smallest absolute Gasteiger partial charge is 0.302 e. The minimum atomic E-state index is -0.149. The number of carbonyl (C=O) groups excluding carboxylic acids is 1. The van der Waals surface area contributed by atoms with Crippen molar-refractivity contribution in [3.63, 3.8) is 0 Å². The molecule has 1 aliphatic heterocycles. The molecule has 5 atom stereocenters. The minimum absolute atomic E-state index is 0.00199. The average Bonchev–Trinajstić information content (AvgIpc) is 2.69. The van der Waals surface area contributed by atoms with E-state index in [1.165, 1.54) is 26.2 Å². The van der Waals surface area contributed by atoms with Crippen molar-refractivity contribution in [2.45, 2.75) is 78.4 Å². The summed E-state index contributed by atoms with van der Waals surface area (Å²) in [6.07, 6.45) is 5.77. The number of hydrogen-bond donors (Lipinski definition) is 0. The Labute approximate surface area is 128 Å². The predicted molar refractivity (Wildman–Crippen MR) is 81.9 cm³/mol. The van der Waals surface area contributed by atoms with Crippen LogP contribution in [0.4, 0.5) is 0 Å². The highest BCUT2D eigenvalue weighted by atomic mass is 16.5. The van der Waals surface area contributed by atoms with E-state index in [0.717, 1.165) is 19.4 Å². The lowest BCUT2D eigenvalue weighted by molar-refractivity contribution is -0.211. The molecule has 3 nitrogen and oxygen atoms in total. The molecule has 0 unspecified atom stereocenters. The van der Waals surface area contributed by atoms with E-state index in [4.69, 9.17) is 9.47 Å². The summed E-state index contributed by atoms with van der Waals surface area (Å²) in [5.41, 5.74) is 0.348. The second kappa shape index (κ2) is 4.71. The van der Waals surface area contributed by atoms with Crippen molar-refractivity contribution in [2.75, 3.05) is 6.61 Å². The Morgan fingerprint density at radius 1 is 1.19 bits per heavy atom. The van der Waals surface area contributed by atoms with Gasteiger partial charge in [0, 0.05) is 25.9 Å². The zero-order chi connectivity index (χ0) is 15.5. The van der Waals surface area contributed by atoms with Crippen LogP contribution in [-0.4, -0.2) is 24.3 Å². The molecule has 3 aliphatic rings. The van der Waals surface area contributed by atoms with Crippen molar-refractivity contribution >= 4 is 5.97 Å². The first kappa shape index (κ1) is 15.3. The molecule has 0 aromatic heterocycles. The molecule has 2 aliphatic carbocycles. The quantitative estimate of drug-likeness (QED) is 0.687. The van der Waals surface area contributed by atoms with Crippen LogP contribution in [0.25, 0.3) is 0 Å². The van der Waals surface area contributed by atoms with E-state index in [2.05, 4.69) is 27.7 Å². The van der Waals surface area contributed by atoms with Crippen molar-refractivity contribution in [3.8, 4) is 0 Å². The van der Waals surface area contributed by atoms with Gasteiger partial charge in [0.2, 0.25) is 0 Å². The van der Waals surface area contributed by atoms with Gasteiger partial charge in [-0.05, 0) is 42.9 Å². The Morgan fingerprint density at radius 2 is 1.90 bits per heavy atom. The Hall–Kier alpha value is -0.570. The van der Waals surface area contributed by atoms with Gasteiger partial charge in [-0.15, -0.1) is 0 Å². The Kier molecular flexibility index (Phi) is 3.44. The van der Waals surface area contributed by atoms with Crippen LogP contribution in [0.1, 0.15) is 66.7 Å². The molecule has 3 heteroatoms. The van der Waals surface area contributed by atoms with Crippen molar-refractivity contribution < 1.29 is 14.3 Å². The first-order valence-electron chi connectivity index (χ1n) is 8.50. The van der Waals surface area contributed by atoms with E-state index in [0.29, 0.717) is 11.8 Å². The van der Waals surface area contributed by atoms with Gasteiger partial charge in [0.1, 0.15) is 6.10 Å². The van der Waals surface area contributed by atoms with Crippen LogP contribution < -0.4 is 0 Å². The second-order valence-corrected chi connectivity index (χ2v) is 8.68. The molecular weight excluding hydrogens is 264 g/mol. The van der Waals surface area contributed by atoms with Crippen LogP contribution in [0, 0.1) is 22.7 Å². The van der Waals surface area contributed by atoms with Crippen LogP contribution >= 0.6 is 0 Å². The summed E-state index contributed by atoms with van der Waals surface area (Å²) in [7, 11) is 0. The Morgan fingerprint density at radius 3 is 2.57 bits per heavy atom. The van der Waals surface area contributed by atoms with E-state index in [9.17, 15) is 4.79 Å². The summed E-state index contributed by atoms with van der Waals surface area (Å²) in [6, 6.07) is 0. The van der Waals surface area contributed by atoms with Gasteiger partial charge in [-0.3, -0.25) is 4.79 Å². The van der Waals surface area contributed by atoms with Crippen LogP contribution in [-0.2, 0) is 14.3 Å². The van der Waals surface area contributed by atoms with E-state index in [1.54, 1.807) is 0 Å². The highest BCUT2D eigenvalue weighted by molar-refractivity contribution is 5.66. The fourth-order valence-electron chi connectivity index (χ4n) is 6.33. The number of esters is 1. The van der Waals surface area contributed by atoms with Gasteiger partial charge < -0.3 is 9.47 Å². The molecule has 0 radical (unpaired) electrons. The standard InChI is InChI=1S/C18H30O3/c1-12(19)21-13-11-18(5)14(7-10-20-18)17(4)9-6-8-16(2,3)15(13)17/h13-15H,6-11H2,1-5H3/t13-,14+,15-,17+,18+/m0/s1. The summed E-state index contributed by atoms with van der Waals surface area (Å²) in [5.74, 6) is 0.896. The van der Waals surface area contributed by atoms with Crippen molar-refractivity contribution in [3.05, 3.63) is 0 Å². The summed E-state index contributed by atoms with van der Waals surface area (Å²) in [4.78, 5) is 11.6. The third kappa shape index (κ3) is 2.23. The maximum atomic E-state index is 11.6. The average molecular weight is 294 g/mol. The van der Waals surface area contributed by atoms with Crippen LogP contribution in [0.15, 0.2) is 0 Å². The third-order valence-electron chi connectivity index (χ3n) is 6.76. The van der Waals surface area contributed by atoms with Crippen LogP contribution in [0.2, 0.25) is 0 Å². The number of carbonyl (C=O) groups is 1. The molecule has 0 amide bonds. The van der Waals surface area contributed by atoms with Crippen LogP contribution in [0.3, 0.4) is 0 Å². The summed E-state index contributed by atoms with van der Waals surface area (Å²) in [5, 5.41) is 0. The summed E-state index contributed by atoms with van der Waals surface area (Å²) in [6.45, 7) is 11.8. The molecule has 2 saturated carbocycles. The zero-order valence-corrected chi connectivity index (χ0v) is 14.2. The fourth-order valence-corrected chi connectivity index (χ4v) is 6.33. The number of fused-ring (bicyclic) bond motifs is 3. The molecule has 0 aromatic carbocycles. The van der Waals surface area contributed by atoms with Gasteiger partial charge in [0.25, 0.3) is 0 Å². The molecular formula is C18H30O3. The van der Waals surface area contributed by atoms with Gasteiger partial charge in [-0.2, -0.15) is 0 Å². The zero-order valence-electron chi connectivity index (χ0n) is 14.2. The maximum Gasteiger partial charge on any atom is 0.302 e. The number of hydrogen-bond acceptors (Lipinski definition) is 3. The molecule has 0 spiro atoms. The third-order valence-corrected chi connectivity index (χ3v) is 6.76. The molecule has 0 bridgehead atoms. The number of rotatable bonds is 1. The lowest BCUT2D eigenvalue weighted by Crippen LogP contribution is -2.62.